The van der Waals surface area contributed by atoms with Gasteiger partial charge in [-0.3, -0.25) is 0 Å². The number of aryl methyl sites for hydroxylation is 1. The van der Waals surface area contributed by atoms with E-state index < -0.39 is 0 Å². The third-order valence-corrected chi connectivity index (χ3v) is 4.47. The second-order valence-corrected chi connectivity index (χ2v) is 6.17. The van der Waals surface area contributed by atoms with E-state index in [-0.39, 0.29) is 6.04 Å². The van der Waals surface area contributed by atoms with Crippen molar-refractivity contribution in [2.24, 2.45) is 0 Å². The van der Waals surface area contributed by atoms with Crippen molar-refractivity contribution in [2.45, 2.75) is 32.7 Å². The number of hydrogen-bond donors (Lipinski definition) is 1. The minimum absolute atomic E-state index is 0.273. The zero-order valence-electron chi connectivity index (χ0n) is 12.0. The van der Waals surface area contributed by atoms with Gasteiger partial charge in [0, 0.05) is 29.8 Å². The van der Waals surface area contributed by atoms with Gasteiger partial charge in [-0.2, -0.15) is 0 Å². The summed E-state index contributed by atoms with van der Waals surface area (Å²) in [7, 11) is 0. The van der Waals surface area contributed by atoms with Gasteiger partial charge in [0.05, 0.1) is 17.3 Å². The van der Waals surface area contributed by atoms with Crippen molar-refractivity contribution in [1.29, 1.82) is 0 Å². The maximum absolute atomic E-state index is 5.84. The minimum Gasteiger partial charge on any atom is -0.493 e. The molecule has 4 heteroatoms. The number of rotatable bonds is 5. The Morgan fingerprint density at radius 2 is 2.35 bits per heavy atom. The summed E-state index contributed by atoms with van der Waals surface area (Å²) in [5.74, 6) is 1.09. The second kappa shape index (κ2) is 5.94. The van der Waals surface area contributed by atoms with Gasteiger partial charge in [-0.05, 0) is 19.0 Å². The van der Waals surface area contributed by atoms with E-state index in [4.69, 9.17) is 4.74 Å². The van der Waals surface area contributed by atoms with Crippen LogP contribution < -0.4 is 10.1 Å². The third-order valence-electron chi connectivity index (χ3n) is 3.65. The summed E-state index contributed by atoms with van der Waals surface area (Å²) in [4.78, 5) is 4.59. The molecular formula is C16H20N2OS. The molecule has 0 amide bonds. The fraction of sp³-hybridized carbons (Fsp3) is 0.438. The highest BCUT2D eigenvalue weighted by molar-refractivity contribution is 7.09. The fourth-order valence-electron chi connectivity index (χ4n) is 2.76. The van der Waals surface area contributed by atoms with Gasteiger partial charge < -0.3 is 10.1 Å². The molecule has 1 aromatic carbocycles. The molecule has 1 atom stereocenters. The van der Waals surface area contributed by atoms with Crippen LogP contribution in [0.4, 0.5) is 0 Å². The van der Waals surface area contributed by atoms with E-state index in [1.165, 1.54) is 11.1 Å². The van der Waals surface area contributed by atoms with Gasteiger partial charge in [0.15, 0.2) is 0 Å². The number of nitrogens with zero attached hydrogens (tertiary/aromatic N) is 1. The summed E-state index contributed by atoms with van der Waals surface area (Å²) in [6, 6.07) is 6.76. The second-order valence-electron chi connectivity index (χ2n) is 5.11. The van der Waals surface area contributed by atoms with Gasteiger partial charge in [0.1, 0.15) is 5.75 Å². The van der Waals surface area contributed by atoms with Crippen molar-refractivity contribution in [3.8, 4) is 5.75 Å². The molecule has 1 aliphatic heterocycles. The van der Waals surface area contributed by atoms with Crippen LogP contribution in [0.15, 0.2) is 23.6 Å². The quantitative estimate of drug-likeness (QED) is 0.917. The summed E-state index contributed by atoms with van der Waals surface area (Å²) in [5.41, 5.74) is 3.77. The predicted octanol–water partition coefficient (Wildman–Crippen LogP) is 3.28. The maximum atomic E-state index is 5.84. The number of likely N-dealkylation sites (N-methyl/N-ethyl adjacent to an activating group) is 1. The van der Waals surface area contributed by atoms with Gasteiger partial charge in [0.2, 0.25) is 0 Å². The highest BCUT2D eigenvalue weighted by atomic mass is 32.1. The normalized spacial score (nSPS) is 14.9. The van der Waals surface area contributed by atoms with E-state index in [9.17, 15) is 0 Å². The first kappa shape index (κ1) is 13.6. The smallest absolute Gasteiger partial charge is 0.127 e. The lowest BCUT2D eigenvalue weighted by Crippen LogP contribution is -2.23. The molecule has 3 rings (SSSR count). The lowest BCUT2D eigenvalue weighted by molar-refractivity contribution is 0.348. The molecule has 0 radical (unpaired) electrons. The van der Waals surface area contributed by atoms with Crippen molar-refractivity contribution in [3.63, 3.8) is 0 Å². The first-order valence-electron chi connectivity index (χ1n) is 7.17. The van der Waals surface area contributed by atoms with E-state index in [1.54, 1.807) is 11.3 Å². The van der Waals surface area contributed by atoms with Crippen LogP contribution >= 0.6 is 11.3 Å². The Bertz CT molecular complexity index is 594. The molecule has 0 saturated heterocycles. The third kappa shape index (κ3) is 2.72. The SMILES string of the molecule is CCNC(Cc1csc(C)n1)c1cccc2c1OCC2. The van der Waals surface area contributed by atoms with Crippen molar-refractivity contribution in [1.82, 2.24) is 10.3 Å². The van der Waals surface area contributed by atoms with Gasteiger partial charge in [-0.15, -0.1) is 11.3 Å². The Morgan fingerprint density at radius 1 is 1.45 bits per heavy atom. The number of para-hydroxylation sites is 1. The summed E-state index contributed by atoms with van der Waals surface area (Å²) in [6.07, 6.45) is 1.94. The molecule has 0 bridgehead atoms. The maximum Gasteiger partial charge on any atom is 0.127 e. The Balaban J connectivity index is 1.89. The van der Waals surface area contributed by atoms with Gasteiger partial charge in [-0.25, -0.2) is 4.98 Å². The number of thiazole rings is 1. The van der Waals surface area contributed by atoms with Crippen molar-refractivity contribution in [2.75, 3.05) is 13.2 Å². The molecule has 20 heavy (non-hydrogen) atoms. The Labute approximate surface area is 124 Å². The molecule has 1 aromatic heterocycles. The minimum atomic E-state index is 0.273. The van der Waals surface area contributed by atoms with E-state index >= 15 is 0 Å². The van der Waals surface area contributed by atoms with Crippen LogP contribution in [0.3, 0.4) is 0 Å². The van der Waals surface area contributed by atoms with Crippen molar-refractivity contribution in [3.05, 3.63) is 45.4 Å². The van der Waals surface area contributed by atoms with Crippen LogP contribution in [0.25, 0.3) is 0 Å². The van der Waals surface area contributed by atoms with E-state index in [2.05, 4.69) is 47.7 Å². The van der Waals surface area contributed by atoms with Gasteiger partial charge in [0.25, 0.3) is 0 Å². The van der Waals surface area contributed by atoms with Crippen LogP contribution in [0.2, 0.25) is 0 Å². The molecule has 1 unspecified atom stereocenters. The predicted molar refractivity (Wildman–Crippen MR) is 82.6 cm³/mol. The number of ether oxygens (including phenoxy) is 1. The molecule has 0 spiro atoms. The molecule has 2 heterocycles. The molecular weight excluding hydrogens is 268 g/mol. The van der Waals surface area contributed by atoms with Crippen molar-refractivity contribution < 1.29 is 4.74 Å². The lowest BCUT2D eigenvalue weighted by Gasteiger charge is -2.20. The molecule has 0 saturated carbocycles. The average Bonchev–Trinajstić information content (AvgIpc) is 3.06. The van der Waals surface area contributed by atoms with E-state index in [0.717, 1.165) is 42.4 Å². The molecule has 1 N–H and O–H groups in total. The number of nitrogens with one attached hydrogen (secondary N) is 1. The number of hydrogen-bond acceptors (Lipinski definition) is 4. The molecule has 3 nitrogen and oxygen atoms in total. The first-order chi connectivity index (χ1) is 9.78. The molecule has 2 aromatic rings. The molecule has 0 fully saturated rings. The summed E-state index contributed by atoms with van der Waals surface area (Å²) in [6.45, 7) is 5.95. The van der Waals surface area contributed by atoms with Crippen LogP contribution in [0.5, 0.6) is 5.75 Å². The lowest BCUT2D eigenvalue weighted by atomic mass is 9.98. The molecule has 1 aliphatic rings. The van der Waals surface area contributed by atoms with Gasteiger partial charge in [-0.1, -0.05) is 25.1 Å². The number of fused-ring (bicyclic) bond motifs is 1. The van der Waals surface area contributed by atoms with Crippen LogP contribution in [0, 0.1) is 6.92 Å². The van der Waals surface area contributed by atoms with Gasteiger partial charge >= 0.3 is 0 Å². The highest BCUT2D eigenvalue weighted by Crippen LogP contribution is 2.34. The molecule has 106 valence electrons. The highest BCUT2D eigenvalue weighted by Gasteiger charge is 2.22. The first-order valence-corrected chi connectivity index (χ1v) is 8.05. The fourth-order valence-corrected chi connectivity index (χ4v) is 3.39. The van der Waals surface area contributed by atoms with E-state index in [1.807, 2.05) is 0 Å². The van der Waals surface area contributed by atoms with Crippen LogP contribution in [-0.4, -0.2) is 18.1 Å². The largest absolute Gasteiger partial charge is 0.493 e. The monoisotopic (exact) mass is 288 g/mol. The Hall–Kier alpha value is -1.39. The summed E-state index contributed by atoms with van der Waals surface area (Å²) < 4.78 is 5.84. The summed E-state index contributed by atoms with van der Waals surface area (Å²) in [5, 5.41) is 6.86. The number of aromatic nitrogens is 1. The Morgan fingerprint density at radius 3 is 3.10 bits per heavy atom. The number of benzene rings is 1. The zero-order chi connectivity index (χ0) is 13.9. The topological polar surface area (TPSA) is 34.2 Å². The summed E-state index contributed by atoms with van der Waals surface area (Å²) >= 11 is 1.71. The van der Waals surface area contributed by atoms with Crippen LogP contribution in [-0.2, 0) is 12.8 Å². The zero-order valence-corrected chi connectivity index (χ0v) is 12.8. The Kier molecular flexibility index (Phi) is 4.03. The molecule has 0 aliphatic carbocycles. The van der Waals surface area contributed by atoms with E-state index in [0.29, 0.717) is 0 Å². The standard InChI is InChI=1S/C16H20N2OS/c1-3-17-15(9-13-10-20-11(2)18-13)14-6-4-5-12-7-8-19-16(12)14/h4-6,10,15,17H,3,7-9H2,1-2H3. The van der Waals surface area contributed by atoms with Crippen molar-refractivity contribution >= 4 is 11.3 Å². The average molecular weight is 288 g/mol. The van der Waals surface area contributed by atoms with Crippen LogP contribution in [0.1, 0.15) is 34.8 Å².